The van der Waals surface area contributed by atoms with Crippen molar-refractivity contribution in [2.45, 2.75) is 138 Å². The van der Waals surface area contributed by atoms with Gasteiger partial charge in [-0.15, -0.1) is 0 Å². The first-order valence-corrected chi connectivity index (χ1v) is 14.5. The Labute approximate surface area is 228 Å². The zero-order valence-corrected chi connectivity index (χ0v) is 24.8. The first-order chi connectivity index (χ1) is 16.7. The molecule has 4 heterocycles. The molecule has 2 atom stereocenters. The van der Waals surface area contributed by atoms with Crippen LogP contribution in [0.25, 0.3) is 0 Å². The van der Waals surface area contributed by atoms with E-state index in [9.17, 15) is 0 Å². The van der Waals surface area contributed by atoms with Crippen molar-refractivity contribution in [1.29, 1.82) is 0 Å². The Hall–Kier alpha value is -1.52. The van der Waals surface area contributed by atoms with Gasteiger partial charge < -0.3 is 8.98 Å². The van der Waals surface area contributed by atoms with Crippen molar-refractivity contribution in [2.24, 2.45) is 11.8 Å². The van der Waals surface area contributed by atoms with Gasteiger partial charge in [0.15, 0.2) is 0 Å². The van der Waals surface area contributed by atoms with Gasteiger partial charge in [0.05, 0.1) is 12.5 Å². The summed E-state index contributed by atoms with van der Waals surface area (Å²) >= 11 is 0. The molecule has 4 nitrogen and oxygen atoms in total. The fourth-order valence-corrected chi connectivity index (χ4v) is 6.20. The Morgan fingerprint density at radius 1 is 0.622 bits per heavy atom. The predicted molar refractivity (Wildman–Crippen MR) is 158 cm³/mol. The third-order valence-electron chi connectivity index (χ3n) is 8.85. The molecule has 4 heteroatoms. The SMILES string of the molecule is C.CC(C)(C)N1CC2CCCC2C1.CC(C)(C)N1Cc2cocc2C1.CC(C)(C)n1cc2c(c1)CCC2. The van der Waals surface area contributed by atoms with E-state index in [4.69, 9.17) is 4.42 Å². The highest BCUT2D eigenvalue weighted by Gasteiger charge is 2.39. The molecule has 0 N–H and O–H groups in total. The summed E-state index contributed by atoms with van der Waals surface area (Å²) in [6.07, 6.45) is 16.8. The van der Waals surface area contributed by atoms with E-state index < -0.39 is 0 Å². The van der Waals surface area contributed by atoms with E-state index >= 15 is 0 Å². The summed E-state index contributed by atoms with van der Waals surface area (Å²) in [6.45, 7) is 25.3. The zero-order valence-electron chi connectivity index (χ0n) is 24.8. The summed E-state index contributed by atoms with van der Waals surface area (Å²) in [4.78, 5) is 5.12. The summed E-state index contributed by atoms with van der Waals surface area (Å²) < 4.78 is 7.47. The minimum Gasteiger partial charge on any atom is -0.472 e. The van der Waals surface area contributed by atoms with Gasteiger partial charge in [0, 0.05) is 66.3 Å². The van der Waals surface area contributed by atoms with Crippen LogP contribution in [0.2, 0.25) is 0 Å². The average molecular weight is 512 g/mol. The van der Waals surface area contributed by atoms with Gasteiger partial charge in [-0.25, -0.2) is 0 Å². The number of furan rings is 1. The van der Waals surface area contributed by atoms with E-state index in [0.29, 0.717) is 5.54 Å². The summed E-state index contributed by atoms with van der Waals surface area (Å²) in [7, 11) is 0. The molecule has 0 aromatic carbocycles. The monoisotopic (exact) mass is 511 g/mol. The quantitative estimate of drug-likeness (QED) is 0.356. The number of nitrogens with zero attached hydrogens (tertiary/aromatic N) is 3. The lowest BCUT2D eigenvalue weighted by molar-refractivity contribution is 0.134. The van der Waals surface area contributed by atoms with E-state index in [1.807, 2.05) is 12.5 Å². The first kappa shape index (κ1) is 30.0. The van der Waals surface area contributed by atoms with Crippen LogP contribution in [0.1, 0.15) is 118 Å². The number of hydrogen-bond acceptors (Lipinski definition) is 3. The Bertz CT molecular complexity index is 940. The normalized spacial score (nSPS) is 23.4. The van der Waals surface area contributed by atoms with Crippen molar-refractivity contribution < 1.29 is 4.42 Å². The molecule has 2 aromatic heterocycles. The van der Waals surface area contributed by atoms with Crippen LogP contribution < -0.4 is 0 Å². The second kappa shape index (κ2) is 11.3. The summed E-state index contributed by atoms with van der Waals surface area (Å²) in [5.41, 5.74) is 6.78. The van der Waals surface area contributed by atoms with Crippen LogP contribution >= 0.6 is 0 Å². The number of aromatic nitrogens is 1. The van der Waals surface area contributed by atoms with Crippen LogP contribution in [-0.2, 0) is 31.5 Å². The fourth-order valence-electron chi connectivity index (χ4n) is 6.20. The molecule has 2 fully saturated rings. The molecule has 6 rings (SSSR count). The number of rotatable bonds is 0. The van der Waals surface area contributed by atoms with Gasteiger partial charge in [0.1, 0.15) is 0 Å². The molecule has 0 spiro atoms. The van der Waals surface area contributed by atoms with E-state index in [0.717, 1.165) is 24.9 Å². The summed E-state index contributed by atoms with van der Waals surface area (Å²) in [6, 6.07) is 0. The minimum atomic E-state index is 0. The lowest BCUT2D eigenvalue weighted by atomic mass is 10.0. The van der Waals surface area contributed by atoms with Crippen LogP contribution in [0.15, 0.2) is 29.3 Å². The maximum atomic E-state index is 5.12. The molecule has 37 heavy (non-hydrogen) atoms. The Kier molecular flexibility index (Phi) is 9.17. The van der Waals surface area contributed by atoms with Crippen molar-refractivity contribution in [2.75, 3.05) is 13.1 Å². The molecule has 4 aliphatic rings. The van der Waals surface area contributed by atoms with E-state index in [2.05, 4.69) is 89.1 Å². The molecule has 2 aliphatic carbocycles. The maximum absolute atomic E-state index is 5.12. The van der Waals surface area contributed by atoms with Crippen molar-refractivity contribution in [3.63, 3.8) is 0 Å². The molecule has 2 aliphatic heterocycles. The molecule has 0 radical (unpaired) electrons. The molecule has 2 aromatic rings. The largest absolute Gasteiger partial charge is 0.472 e. The average Bonchev–Trinajstić information content (AvgIpc) is 3.54. The maximum Gasteiger partial charge on any atom is 0.0951 e. The van der Waals surface area contributed by atoms with Crippen molar-refractivity contribution in [3.05, 3.63) is 47.2 Å². The standard InChI is InChI=1S/C11H21N.C11H17N.C10H15NO.CH4/c2*1-11(2,3)12-7-9-5-4-6-10(9)8-12;1-10(2,3)11-4-8-6-12-7-9(8)5-11;/h9-10H,4-8H2,1-3H3;7-8H,4-6H2,1-3H3;6-7H,4-5H2,1-3H3;1H4. The Balaban J connectivity index is 0.000000152. The molecule has 2 unspecified atom stereocenters. The van der Waals surface area contributed by atoms with Crippen molar-refractivity contribution in [3.8, 4) is 0 Å². The topological polar surface area (TPSA) is 24.6 Å². The second-order valence-electron chi connectivity index (χ2n) is 14.7. The van der Waals surface area contributed by atoms with Gasteiger partial charge in [-0.3, -0.25) is 9.80 Å². The fraction of sp³-hybridized carbons (Fsp3) is 0.758. The molecular formula is C33H57N3O. The molecular weight excluding hydrogens is 454 g/mol. The third kappa shape index (κ3) is 7.32. The Morgan fingerprint density at radius 3 is 1.49 bits per heavy atom. The molecule has 1 saturated heterocycles. The van der Waals surface area contributed by atoms with Crippen LogP contribution in [0, 0.1) is 11.8 Å². The number of fused-ring (bicyclic) bond motifs is 3. The van der Waals surface area contributed by atoms with Gasteiger partial charge in [0.25, 0.3) is 0 Å². The van der Waals surface area contributed by atoms with Crippen LogP contribution in [-0.4, -0.2) is 38.5 Å². The first-order valence-electron chi connectivity index (χ1n) is 14.5. The van der Waals surface area contributed by atoms with Crippen LogP contribution in [0.5, 0.6) is 0 Å². The minimum absolute atomic E-state index is 0. The highest BCUT2D eigenvalue weighted by Crippen LogP contribution is 2.40. The smallest absolute Gasteiger partial charge is 0.0951 e. The predicted octanol–water partition coefficient (Wildman–Crippen LogP) is 8.28. The van der Waals surface area contributed by atoms with E-state index in [-0.39, 0.29) is 18.5 Å². The molecule has 0 amide bonds. The van der Waals surface area contributed by atoms with Crippen molar-refractivity contribution in [1.82, 2.24) is 14.4 Å². The van der Waals surface area contributed by atoms with Crippen molar-refractivity contribution >= 4 is 0 Å². The highest BCUT2D eigenvalue weighted by molar-refractivity contribution is 5.29. The number of hydrogen-bond donors (Lipinski definition) is 0. The number of likely N-dealkylation sites (tertiary alicyclic amines) is 1. The van der Waals surface area contributed by atoms with Gasteiger partial charge in [-0.2, -0.15) is 0 Å². The zero-order chi connectivity index (χ0) is 26.3. The molecule has 210 valence electrons. The van der Waals surface area contributed by atoms with Gasteiger partial charge >= 0.3 is 0 Å². The van der Waals surface area contributed by atoms with Gasteiger partial charge in [-0.05, 0) is 117 Å². The van der Waals surface area contributed by atoms with E-state index in [1.165, 1.54) is 62.7 Å². The Morgan fingerprint density at radius 2 is 1.08 bits per heavy atom. The molecule has 1 saturated carbocycles. The van der Waals surface area contributed by atoms with Crippen LogP contribution in [0.3, 0.4) is 0 Å². The van der Waals surface area contributed by atoms with Gasteiger partial charge in [-0.1, -0.05) is 13.8 Å². The molecule has 0 bridgehead atoms. The summed E-state index contributed by atoms with van der Waals surface area (Å²) in [5, 5.41) is 0. The van der Waals surface area contributed by atoms with Gasteiger partial charge in [0.2, 0.25) is 0 Å². The lowest BCUT2D eigenvalue weighted by Crippen LogP contribution is -2.39. The summed E-state index contributed by atoms with van der Waals surface area (Å²) in [5.74, 6) is 2.09. The third-order valence-corrected chi connectivity index (χ3v) is 8.85. The second-order valence-corrected chi connectivity index (χ2v) is 14.7. The lowest BCUT2D eigenvalue weighted by Gasteiger charge is -2.32. The highest BCUT2D eigenvalue weighted by atomic mass is 16.3. The van der Waals surface area contributed by atoms with Crippen LogP contribution in [0.4, 0.5) is 0 Å². The number of aryl methyl sites for hydroxylation is 2. The van der Waals surface area contributed by atoms with E-state index in [1.54, 1.807) is 11.1 Å².